The molecule has 0 aliphatic carbocycles. The summed E-state index contributed by atoms with van der Waals surface area (Å²) in [5.74, 6) is 0.313. The summed E-state index contributed by atoms with van der Waals surface area (Å²) < 4.78 is 0. The Labute approximate surface area is 71.0 Å². The molecule has 4 nitrogen and oxygen atoms in total. The van der Waals surface area contributed by atoms with Crippen LogP contribution in [0.15, 0.2) is 16.3 Å². The third kappa shape index (κ3) is 1.14. The van der Waals surface area contributed by atoms with Crippen LogP contribution in [0.5, 0.6) is 0 Å². The Bertz CT molecular complexity index is 296. The highest BCUT2D eigenvalue weighted by Gasteiger charge is 2.28. The van der Waals surface area contributed by atoms with Crippen molar-refractivity contribution in [3.8, 4) is 6.07 Å². The molecule has 0 saturated heterocycles. The first-order chi connectivity index (χ1) is 5.57. The van der Waals surface area contributed by atoms with Crippen LogP contribution in [0, 0.1) is 17.2 Å². The van der Waals surface area contributed by atoms with Gasteiger partial charge >= 0.3 is 0 Å². The zero-order chi connectivity index (χ0) is 9.30. The maximum atomic E-state index is 9.45. The molecule has 3 N–H and O–H groups in total. The van der Waals surface area contributed by atoms with E-state index in [-0.39, 0.29) is 29.1 Å². The summed E-state index contributed by atoms with van der Waals surface area (Å²) in [5, 5.41) is 18.0. The van der Waals surface area contributed by atoms with E-state index in [0.29, 0.717) is 0 Å². The Morgan fingerprint density at radius 1 is 1.67 bits per heavy atom. The number of aliphatic hydroxyl groups excluding tert-OH is 1. The predicted molar refractivity (Wildman–Crippen MR) is 45.5 cm³/mol. The number of nitriles is 1. The van der Waals surface area contributed by atoms with E-state index in [9.17, 15) is 5.11 Å². The minimum atomic E-state index is -0.334. The molecule has 0 spiro atoms. The lowest BCUT2D eigenvalue weighted by molar-refractivity contribution is 0.339. The van der Waals surface area contributed by atoms with Gasteiger partial charge in [-0.1, -0.05) is 13.8 Å². The van der Waals surface area contributed by atoms with Gasteiger partial charge in [-0.2, -0.15) is 5.26 Å². The van der Waals surface area contributed by atoms with Gasteiger partial charge in [0.1, 0.15) is 29.3 Å². The summed E-state index contributed by atoms with van der Waals surface area (Å²) in [6, 6.07) is 1.49. The number of hydrogen-bond donors (Lipinski definition) is 2. The van der Waals surface area contributed by atoms with Gasteiger partial charge in [-0.3, -0.25) is 4.99 Å². The molecule has 1 heterocycles. The van der Waals surface area contributed by atoms with Crippen molar-refractivity contribution in [1.82, 2.24) is 0 Å². The van der Waals surface area contributed by atoms with E-state index in [1.807, 2.05) is 19.9 Å². The quantitative estimate of drug-likeness (QED) is 0.600. The molecule has 4 heteroatoms. The summed E-state index contributed by atoms with van der Waals surface area (Å²) in [5.41, 5.74) is 5.54. The van der Waals surface area contributed by atoms with Crippen molar-refractivity contribution in [2.24, 2.45) is 16.6 Å². The first-order valence-corrected chi connectivity index (χ1v) is 3.74. The number of nitrogens with two attached hydrogens (primary N) is 1. The van der Waals surface area contributed by atoms with Crippen molar-refractivity contribution in [1.29, 1.82) is 5.26 Å². The molecule has 0 aromatic heterocycles. The van der Waals surface area contributed by atoms with Crippen molar-refractivity contribution >= 4 is 5.84 Å². The molecule has 0 fully saturated rings. The van der Waals surface area contributed by atoms with Crippen molar-refractivity contribution in [3.63, 3.8) is 0 Å². The first-order valence-electron chi connectivity index (χ1n) is 3.74. The summed E-state index contributed by atoms with van der Waals surface area (Å²) in [7, 11) is 0. The number of aliphatic imine (C=N–C) groups is 1. The van der Waals surface area contributed by atoms with E-state index in [1.54, 1.807) is 0 Å². The van der Waals surface area contributed by atoms with E-state index >= 15 is 0 Å². The normalized spacial score (nSPS) is 22.8. The van der Waals surface area contributed by atoms with Crippen LogP contribution in [-0.4, -0.2) is 17.0 Å². The summed E-state index contributed by atoms with van der Waals surface area (Å²) in [6.45, 7) is 3.83. The van der Waals surface area contributed by atoms with E-state index in [0.717, 1.165) is 0 Å². The average molecular weight is 165 g/mol. The van der Waals surface area contributed by atoms with Crippen molar-refractivity contribution < 1.29 is 5.11 Å². The average Bonchev–Trinajstić information content (AvgIpc) is 2.27. The monoisotopic (exact) mass is 165 g/mol. The second-order valence-electron chi connectivity index (χ2n) is 3.08. The molecular formula is C8H11N3O. The Balaban J connectivity index is 3.04. The Kier molecular flexibility index (Phi) is 2.05. The number of hydrogen-bond acceptors (Lipinski definition) is 4. The number of amidine groups is 1. The van der Waals surface area contributed by atoms with Gasteiger partial charge in [0.2, 0.25) is 0 Å². The fourth-order valence-electron chi connectivity index (χ4n) is 1.13. The molecule has 12 heavy (non-hydrogen) atoms. The third-order valence-electron chi connectivity index (χ3n) is 1.81. The topological polar surface area (TPSA) is 82.4 Å². The summed E-state index contributed by atoms with van der Waals surface area (Å²) in [6.07, 6.45) is 0. The highest BCUT2D eigenvalue weighted by atomic mass is 16.3. The SMILES string of the molecule is CC(C)[C@@H]1N=C(N)C(C#N)=C1O. The molecule has 1 rings (SSSR count). The molecular weight excluding hydrogens is 154 g/mol. The van der Waals surface area contributed by atoms with E-state index in [2.05, 4.69) is 4.99 Å². The lowest BCUT2D eigenvalue weighted by atomic mass is 10.0. The molecule has 0 aromatic carbocycles. The summed E-state index contributed by atoms with van der Waals surface area (Å²) in [4.78, 5) is 3.97. The fraction of sp³-hybridized carbons (Fsp3) is 0.500. The highest BCUT2D eigenvalue weighted by molar-refractivity contribution is 6.03. The molecule has 0 unspecified atom stereocenters. The standard InChI is InChI=1S/C8H11N3O/c1-4(2)6-7(12)5(3-9)8(10)11-6/h4,6,12H,1-2H3,(H2,10,11)/t6-/m0/s1. The second kappa shape index (κ2) is 2.86. The predicted octanol–water partition coefficient (Wildman–Crippen LogP) is 0.717. The molecule has 0 radical (unpaired) electrons. The van der Waals surface area contributed by atoms with Gasteiger partial charge < -0.3 is 10.8 Å². The van der Waals surface area contributed by atoms with Crippen LogP contribution in [0.2, 0.25) is 0 Å². The van der Waals surface area contributed by atoms with Gasteiger partial charge in [0, 0.05) is 0 Å². The molecule has 0 amide bonds. The molecule has 0 saturated carbocycles. The molecule has 0 bridgehead atoms. The van der Waals surface area contributed by atoms with E-state index in [1.165, 1.54) is 0 Å². The zero-order valence-electron chi connectivity index (χ0n) is 7.07. The fourth-order valence-corrected chi connectivity index (χ4v) is 1.13. The first kappa shape index (κ1) is 8.60. The van der Waals surface area contributed by atoms with Crippen molar-refractivity contribution in [3.05, 3.63) is 11.3 Å². The van der Waals surface area contributed by atoms with Crippen LogP contribution in [0.1, 0.15) is 13.8 Å². The van der Waals surface area contributed by atoms with Crippen LogP contribution in [0.4, 0.5) is 0 Å². The van der Waals surface area contributed by atoms with Gasteiger partial charge in [-0.05, 0) is 5.92 Å². The largest absolute Gasteiger partial charge is 0.508 e. The van der Waals surface area contributed by atoms with Gasteiger partial charge in [0.25, 0.3) is 0 Å². The van der Waals surface area contributed by atoms with Gasteiger partial charge in [-0.15, -0.1) is 0 Å². The lowest BCUT2D eigenvalue weighted by Gasteiger charge is -2.10. The molecule has 1 aliphatic rings. The Morgan fingerprint density at radius 3 is 2.50 bits per heavy atom. The maximum absolute atomic E-state index is 9.45. The lowest BCUT2D eigenvalue weighted by Crippen LogP contribution is -2.13. The number of nitrogens with zero attached hydrogens (tertiary/aromatic N) is 2. The molecule has 1 atom stereocenters. The minimum absolute atomic E-state index is 0.00463. The van der Waals surface area contributed by atoms with Crippen LogP contribution in [0.25, 0.3) is 0 Å². The van der Waals surface area contributed by atoms with Gasteiger partial charge in [0.15, 0.2) is 0 Å². The molecule has 1 aliphatic heterocycles. The maximum Gasteiger partial charge on any atom is 0.140 e. The summed E-state index contributed by atoms with van der Waals surface area (Å²) >= 11 is 0. The smallest absolute Gasteiger partial charge is 0.140 e. The van der Waals surface area contributed by atoms with E-state index in [4.69, 9.17) is 11.0 Å². The minimum Gasteiger partial charge on any atom is -0.508 e. The van der Waals surface area contributed by atoms with E-state index < -0.39 is 0 Å². The van der Waals surface area contributed by atoms with Gasteiger partial charge in [-0.25, -0.2) is 0 Å². The zero-order valence-corrected chi connectivity index (χ0v) is 7.07. The Morgan fingerprint density at radius 2 is 2.25 bits per heavy atom. The van der Waals surface area contributed by atoms with Crippen LogP contribution in [-0.2, 0) is 0 Å². The third-order valence-corrected chi connectivity index (χ3v) is 1.81. The van der Waals surface area contributed by atoms with Crippen LogP contribution in [0.3, 0.4) is 0 Å². The van der Waals surface area contributed by atoms with Crippen molar-refractivity contribution in [2.45, 2.75) is 19.9 Å². The number of aliphatic hydroxyl groups is 1. The van der Waals surface area contributed by atoms with Crippen molar-refractivity contribution in [2.75, 3.05) is 0 Å². The van der Waals surface area contributed by atoms with Gasteiger partial charge in [0.05, 0.1) is 0 Å². The molecule has 0 aromatic rings. The second-order valence-corrected chi connectivity index (χ2v) is 3.08. The highest BCUT2D eigenvalue weighted by Crippen LogP contribution is 2.23. The Hall–Kier alpha value is -1.50. The van der Waals surface area contributed by atoms with Crippen LogP contribution < -0.4 is 5.73 Å². The van der Waals surface area contributed by atoms with Crippen LogP contribution >= 0.6 is 0 Å². The molecule has 64 valence electrons. The number of rotatable bonds is 1.